The number of aromatic nitrogens is 3. The highest BCUT2D eigenvalue weighted by molar-refractivity contribution is 5.88. The van der Waals surface area contributed by atoms with Crippen molar-refractivity contribution in [3.05, 3.63) is 30.4 Å². The van der Waals surface area contributed by atoms with Crippen LogP contribution >= 0.6 is 0 Å². The third kappa shape index (κ3) is 1.70. The molecule has 92 valence electrons. The molecule has 2 aromatic heterocycles. The van der Waals surface area contributed by atoms with Gasteiger partial charge in [0.2, 0.25) is 0 Å². The zero-order valence-electron chi connectivity index (χ0n) is 10.1. The van der Waals surface area contributed by atoms with E-state index < -0.39 is 11.4 Å². The summed E-state index contributed by atoms with van der Waals surface area (Å²) in [5, 5.41) is 13.4. The lowest BCUT2D eigenvalue weighted by Crippen LogP contribution is -2.34. The first-order valence-electron chi connectivity index (χ1n) is 5.50. The van der Waals surface area contributed by atoms with Crippen molar-refractivity contribution in [2.75, 3.05) is 6.61 Å². The summed E-state index contributed by atoms with van der Waals surface area (Å²) in [5.41, 5.74) is -0.462. The van der Waals surface area contributed by atoms with Crippen molar-refractivity contribution in [3.63, 3.8) is 0 Å². The number of hydrogen-bond donors (Lipinski definition) is 0. The van der Waals surface area contributed by atoms with Crippen LogP contribution in [0.2, 0.25) is 0 Å². The molecule has 0 bridgehead atoms. The van der Waals surface area contributed by atoms with Gasteiger partial charge in [0, 0.05) is 12.4 Å². The highest BCUT2D eigenvalue weighted by Gasteiger charge is 2.40. The van der Waals surface area contributed by atoms with Crippen LogP contribution in [0.5, 0.6) is 0 Å². The molecule has 2 heterocycles. The smallest absolute Gasteiger partial charge is 0.332 e. The fourth-order valence-corrected chi connectivity index (χ4v) is 1.71. The molecule has 2 rings (SSSR count). The van der Waals surface area contributed by atoms with Crippen LogP contribution in [0.3, 0.4) is 0 Å². The Balaban J connectivity index is 2.60. The van der Waals surface area contributed by atoms with E-state index >= 15 is 0 Å². The minimum absolute atomic E-state index is 0.221. The molecule has 0 radical (unpaired) electrons. The Kier molecular flexibility index (Phi) is 2.98. The highest BCUT2D eigenvalue weighted by Crippen LogP contribution is 2.26. The van der Waals surface area contributed by atoms with Crippen LogP contribution in [0, 0.1) is 11.3 Å². The zero-order valence-corrected chi connectivity index (χ0v) is 10.1. The number of carbonyl (C=O) groups is 1. The predicted molar refractivity (Wildman–Crippen MR) is 62.6 cm³/mol. The van der Waals surface area contributed by atoms with Crippen LogP contribution in [0.15, 0.2) is 24.7 Å². The first kappa shape index (κ1) is 12.0. The standard InChI is InChI=1S/C12H12N4O2/c1-3-18-11(17)12(2,8-13)10-9-4-5-15-16(9)7-6-14-10/h4-7H,3H2,1-2H3. The molecule has 6 heteroatoms. The lowest BCUT2D eigenvalue weighted by Gasteiger charge is -2.19. The number of esters is 1. The van der Waals surface area contributed by atoms with Gasteiger partial charge in [-0.15, -0.1) is 0 Å². The quantitative estimate of drug-likeness (QED) is 0.754. The van der Waals surface area contributed by atoms with Crippen LogP contribution in [-0.2, 0) is 14.9 Å². The van der Waals surface area contributed by atoms with Crippen LogP contribution in [0.25, 0.3) is 5.52 Å². The van der Waals surface area contributed by atoms with E-state index in [9.17, 15) is 10.1 Å². The van der Waals surface area contributed by atoms with E-state index in [0.29, 0.717) is 11.2 Å². The Bertz CT molecular complexity index is 628. The molecule has 2 aromatic rings. The van der Waals surface area contributed by atoms with Gasteiger partial charge in [-0.1, -0.05) is 0 Å². The fraction of sp³-hybridized carbons (Fsp3) is 0.333. The zero-order chi connectivity index (χ0) is 13.2. The SMILES string of the molecule is CCOC(=O)C(C)(C#N)c1nccn2nccc12. The second-order valence-electron chi connectivity index (χ2n) is 3.89. The molecular weight excluding hydrogens is 232 g/mol. The average Bonchev–Trinajstić information content (AvgIpc) is 2.86. The predicted octanol–water partition coefficient (Wildman–Crippen LogP) is 1.07. The van der Waals surface area contributed by atoms with Gasteiger partial charge in [0.15, 0.2) is 5.41 Å². The molecule has 0 aromatic carbocycles. The lowest BCUT2D eigenvalue weighted by atomic mass is 9.87. The Morgan fingerprint density at radius 1 is 1.61 bits per heavy atom. The molecule has 6 nitrogen and oxygen atoms in total. The Morgan fingerprint density at radius 3 is 3.06 bits per heavy atom. The molecule has 18 heavy (non-hydrogen) atoms. The van der Waals surface area contributed by atoms with Gasteiger partial charge >= 0.3 is 5.97 Å². The number of hydrogen-bond acceptors (Lipinski definition) is 5. The van der Waals surface area contributed by atoms with Crippen LogP contribution in [-0.4, -0.2) is 27.2 Å². The van der Waals surface area contributed by atoms with Crippen LogP contribution in [0.4, 0.5) is 0 Å². The van der Waals surface area contributed by atoms with Crippen molar-refractivity contribution < 1.29 is 9.53 Å². The van der Waals surface area contributed by atoms with Gasteiger partial charge in [-0.05, 0) is 19.9 Å². The minimum Gasteiger partial charge on any atom is -0.465 e. The molecule has 0 fully saturated rings. The summed E-state index contributed by atoms with van der Waals surface area (Å²) in [4.78, 5) is 16.1. The summed E-state index contributed by atoms with van der Waals surface area (Å²) in [6.07, 6.45) is 4.75. The first-order chi connectivity index (χ1) is 8.63. The molecule has 0 amide bonds. The Hall–Kier alpha value is -2.42. The summed E-state index contributed by atoms with van der Waals surface area (Å²) in [5.74, 6) is -0.602. The van der Waals surface area contributed by atoms with Gasteiger partial charge in [-0.2, -0.15) is 10.4 Å². The van der Waals surface area contributed by atoms with Gasteiger partial charge in [-0.25, -0.2) is 9.31 Å². The molecule has 0 N–H and O–H groups in total. The number of fused-ring (bicyclic) bond motifs is 1. The lowest BCUT2D eigenvalue weighted by molar-refractivity contribution is -0.147. The maximum absolute atomic E-state index is 11.9. The van der Waals surface area contributed by atoms with Gasteiger partial charge in [0.1, 0.15) is 0 Å². The van der Waals surface area contributed by atoms with Gasteiger partial charge in [-0.3, -0.25) is 4.98 Å². The maximum atomic E-state index is 11.9. The van der Waals surface area contributed by atoms with Crippen molar-refractivity contribution in [2.45, 2.75) is 19.3 Å². The number of nitriles is 1. The summed E-state index contributed by atoms with van der Waals surface area (Å²) in [6.45, 7) is 3.42. The normalized spacial score (nSPS) is 13.8. The topological polar surface area (TPSA) is 80.3 Å². The van der Waals surface area contributed by atoms with Crippen LogP contribution < -0.4 is 0 Å². The van der Waals surface area contributed by atoms with Crippen molar-refractivity contribution in [2.24, 2.45) is 0 Å². The number of ether oxygens (including phenoxy) is 1. The van der Waals surface area contributed by atoms with Gasteiger partial charge in [0.25, 0.3) is 0 Å². The van der Waals surface area contributed by atoms with E-state index in [-0.39, 0.29) is 6.61 Å². The number of nitrogens with zero attached hydrogens (tertiary/aromatic N) is 4. The molecule has 1 unspecified atom stereocenters. The van der Waals surface area contributed by atoms with E-state index in [0.717, 1.165) is 0 Å². The Labute approximate surface area is 104 Å². The number of rotatable bonds is 3. The molecule has 0 aliphatic rings. The first-order valence-corrected chi connectivity index (χ1v) is 5.50. The van der Waals surface area contributed by atoms with E-state index in [1.807, 2.05) is 6.07 Å². The van der Waals surface area contributed by atoms with Gasteiger partial charge < -0.3 is 4.74 Å². The maximum Gasteiger partial charge on any atom is 0.332 e. The third-order valence-corrected chi connectivity index (χ3v) is 2.71. The highest BCUT2D eigenvalue weighted by atomic mass is 16.5. The average molecular weight is 244 g/mol. The third-order valence-electron chi connectivity index (χ3n) is 2.71. The molecule has 0 spiro atoms. The Morgan fingerprint density at radius 2 is 2.39 bits per heavy atom. The molecular formula is C12H12N4O2. The van der Waals surface area contributed by atoms with Crippen molar-refractivity contribution in [1.82, 2.24) is 14.6 Å². The molecule has 0 saturated carbocycles. The minimum atomic E-state index is -1.43. The van der Waals surface area contributed by atoms with E-state index in [1.54, 1.807) is 29.9 Å². The molecule has 0 aliphatic heterocycles. The summed E-state index contributed by atoms with van der Waals surface area (Å²) < 4.78 is 6.51. The van der Waals surface area contributed by atoms with E-state index in [1.165, 1.54) is 13.1 Å². The molecule has 0 saturated heterocycles. The van der Waals surface area contributed by atoms with Gasteiger partial charge in [0.05, 0.1) is 30.1 Å². The van der Waals surface area contributed by atoms with Crippen molar-refractivity contribution in [1.29, 1.82) is 5.26 Å². The largest absolute Gasteiger partial charge is 0.465 e. The summed E-state index contributed by atoms with van der Waals surface area (Å²) in [6, 6.07) is 3.69. The fourth-order valence-electron chi connectivity index (χ4n) is 1.71. The number of carbonyl (C=O) groups excluding carboxylic acids is 1. The van der Waals surface area contributed by atoms with E-state index in [4.69, 9.17) is 4.74 Å². The second kappa shape index (κ2) is 4.45. The van der Waals surface area contributed by atoms with Crippen molar-refractivity contribution in [3.8, 4) is 6.07 Å². The summed E-state index contributed by atoms with van der Waals surface area (Å²) in [7, 11) is 0. The molecule has 0 aliphatic carbocycles. The second-order valence-corrected chi connectivity index (χ2v) is 3.89. The molecule has 1 atom stereocenters. The van der Waals surface area contributed by atoms with Crippen molar-refractivity contribution >= 4 is 11.5 Å². The monoisotopic (exact) mass is 244 g/mol. The van der Waals surface area contributed by atoms with E-state index in [2.05, 4.69) is 10.1 Å². The van der Waals surface area contributed by atoms with Crippen LogP contribution in [0.1, 0.15) is 19.5 Å². The summed E-state index contributed by atoms with van der Waals surface area (Å²) >= 11 is 0.